The van der Waals surface area contributed by atoms with Crippen LogP contribution in [0.4, 0.5) is 0 Å². The van der Waals surface area contributed by atoms with Crippen molar-refractivity contribution in [1.29, 1.82) is 0 Å². The molecule has 1 N–H and O–H groups in total. The number of amides is 2. The first kappa shape index (κ1) is 27.6. The lowest BCUT2D eigenvalue weighted by Gasteiger charge is -2.28. The molecule has 10 nitrogen and oxygen atoms in total. The van der Waals surface area contributed by atoms with E-state index in [0.717, 1.165) is 5.56 Å². The average molecular weight is 520 g/mol. The van der Waals surface area contributed by atoms with E-state index in [-0.39, 0.29) is 29.9 Å². The number of nitrogens with one attached hydrogen (secondary N) is 1. The van der Waals surface area contributed by atoms with Gasteiger partial charge in [-0.3, -0.25) is 9.59 Å². The highest BCUT2D eigenvalue weighted by molar-refractivity contribution is 7.89. The Morgan fingerprint density at radius 3 is 2.39 bits per heavy atom. The second-order valence-corrected chi connectivity index (χ2v) is 10.2. The Bertz CT molecular complexity index is 1090. The highest BCUT2D eigenvalue weighted by atomic mass is 32.2. The molecule has 0 bridgehead atoms. The molecule has 2 amide bonds. The fourth-order valence-electron chi connectivity index (χ4n) is 3.66. The second-order valence-electron chi connectivity index (χ2n) is 8.24. The Balaban J connectivity index is 1.65. The zero-order chi connectivity index (χ0) is 26.0. The molecule has 2 aromatic rings. The molecule has 1 aliphatic rings. The van der Waals surface area contributed by atoms with E-state index in [1.165, 1.54) is 33.5 Å². The molecule has 0 radical (unpaired) electrons. The van der Waals surface area contributed by atoms with Crippen LogP contribution in [0.25, 0.3) is 0 Å². The van der Waals surface area contributed by atoms with Gasteiger partial charge in [0.1, 0.15) is 11.8 Å². The number of carbonyl (C=O) groups excluding carboxylic acids is 2. The molecule has 0 unspecified atom stereocenters. The fourth-order valence-corrected chi connectivity index (χ4v) is 5.07. The molecule has 0 spiro atoms. The Kier molecular flexibility index (Phi) is 10.2. The lowest BCUT2D eigenvalue weighted by Crippen LogP contribution is -2.49. The number of nitrogens with zero attached hydrogens (tertiary/aromatic N) is 2. The van der Waals surface area contributed by atoms with E-state index in [1.807, 2.05) is 30.3 Å². The number of ether oxygens (including phenoxy) is 3. The van der Waals surface area contributed by atoms with E-state index in [9.17, 15) is 18.0 Å². The molecular weight excluding hydrogens is 486 g/mol. The number of carbonyl (C=O) groups is 2. The van der Waals surface area contributed by atoms with Gasteiger partial charge in [0, 0.05) is 33.3 Å². The van der Waals surface area contributed by atoms with Gasteiger partial charge in [0.2, 0.25) is 15.9 Å². The number of hydrogen-bond donors (Lipinski definition) is 1. The van der Waals surface area contributed by atoms with Crippen molar-refractivity contribution in [2.45, 2.75) is 24.4 Å². The molecule has 0 aliphatic carbocycles. The molecule has 1 saturated heterocycles. The summed E-state index contributed by atoms with van der Waals surface area (Å²) < 4.78 is 42.8. The van der Waals surface area contributed by atoms with Crippen LogP contribution in [0.3, 0.4) is 0 Å². The third-order valence-corrected chi connectivity index (χ3v) is 7.68. The summed E-state index contributed by atoms with van der Waals surface area (Å²) in [5.41, 5.74) is 0.875. The maximum absolute atomic E-state index is 13.1. The van der Waals surface area contributed by atoms with Crippen LogP contribution in [0, 0.1) is 0 Å². The molecule has 1 atom stereocenters. The van der Waals surface area contributed by atoms with Crippen molar-refractivity contribution in [2.75, 3.05) is 53.2 Å². The van der Waals surface area contributed by atoms with E-state index in [1.54, 1.807) is 14.0 Å². The normalized spacial score (nSPS) is 15.2. The number of hydrogen-bond acceptors (Lipinski definition) is 7. The molecule has 2 aromatic carbocycles. The number of morpholine rings is 1. The van der Waals surface area contributed by atoms with E-state index >= 15 is 0 Å². The zero-order valence-electron chi connectivity index (χ0n) is 20.6. The van der Waals surface area contributed by atoms with Crippen molar-refractivity contribution in [1.82, 2.24) is 14.5 Å². The summed E-state index contributed by atoms with van der Waals surface area (Å²) in [7, 11) is -2.07. The minimum Gasteiger partial charge on any atom is -0.484 e. The van der Waals surface area contributed by atoms with Gasteiger partial charge < -0.3 is 24.4 Å². The number of sulfonamides is 1. The molecule has 0 saturated carbocycles. The quantitative estimate of drug-likeness (QED) is 0.420. The van der Waals surface area contributed by atoms with Gasteiger partial charge in [-0.15, -0.1) is 0 Å². The average Bonchev–Trinajstić information content (AvgIpc) is 2.91. The summed E-state index contributed by atoms with van der Waals surface area (Å²) >= 11 is 0. The Morgan fingerprint density at radius 2 is 1.75 bits per heavy atom. The highest BCUT2D eigenvalue weighted by Gasteiger charge is 2.28. The number of methoxy groups -OCH3 is 1. The summed E-state index contributed by atoms with van der Waals surface area (Å²) in [6, 6.07) is 14.6. The highest BCUT2D eigenvalue weighted by Crippen LogP contribution is 2.21. The number of rotatable bonds is 12. The van der Waals surface area contributed by atoms with Crippen molar-refractivity contribution < 1.29 is 32.2 Å². The van der Waals surface area contributed by atoms with Crippen molar-refractivity contribution in [3.8, 4) is 5.75 Å². The molecule has 1 heterocycles. The van der Waals surface area contributed by atoms with Crippen molar-refractivity contribution in [3.05, 3.63) is 60.2 Å². The van der Waals surface area contributed by atoms with Crippen molar-refractivity contribution in [2.24, 2.45) is 0 Å². The monoisotopic (exact) mass is 519 g/mol. The first-order chi connectivity index (χ1) is 17.3. The van der Waals surface area contributed by atoms with Crippen molar-refractivity contribution in [3.63, 3.8) is 0 Å². The largest absolute Gasteiger partial charge is 0.484 e. The predicted octanol–water partition coefficient (Wildman–Crippen LogP) is 1.27. The summed E-state index contributed by atoms with van der Waals surface area (Å²) in [5, 5.41) is 2.76. The van der Waals surface area contributed by atoms with Gasteiger partial charge in [0.05, 0.1) is 24.7 Å². The topological polar surface area (TPSA) is 114 Å². The standard InChI is InChI=1S/C25H33N3O7S/c1-20(25(30)26-12-15-33-2)28(18-21-6-4-3-5-7-21)24(29)19-35-22-8-10-23(11-9-22)36(31,32)27-13-16-34-17-14-27/h3-11,20H,12-19H2,1-2H3,(H,26,30)/t20-/m0/s1. The van der Waals surface area contributed by atoms with Crippen LogP contribution in [0.5, 0.6) is 5.75 Å². The van der Waals surface area contributed by atoms with Crippen LogP contribution in [0.1, 0.15) is 12.5 Å². The third-order valence-electron chi connectivity index (χ3n) is 5.76. The van der Waals surface area contributed by atoms with Gasteiger partial charge >= 0.3 is 0 Å². The fraction of sp³-hybridized carbons (Fsp3) is 0.440. The summed E-state index contributed by atoms with van der Waals surface area (Å²) in [5.74, 6) is -0.326. The minimum absolute atomic E-state index is 0.148. The van der Waals surface area contributed by atoms with Crippen LogP contribution < -0.4 is 10.1 Å². The van der Waals surface area contributed by atoms with E-state index in [0.29, 0.717) is 45.2 Å². The second kappa shape index (κ2) is 13.4. The third kappa shape index (κ3) is 7.50. The maximum Gasteiger partial charge on any atom is 0.261 e. The van der Waals surface area contributed by atoms with Crippen LogP contribution in [-0.2, 0) is 35.6 Å². The molecule has 1 aliphatic heterocycles. The predicted molar refractivity (Wildman–Crippen MR) is 133 cm³/mol. The van der Waals surface area contributed by atoms with Gasteiger partial charge in [0.25, 0.3) is 5.91 Å². The van der Waals surface area contributed by atoms with Gasteiger partial charge in [0.15, 0.2) is 6.61 Å². The van der Waals surface area contributed by atoms with Crippen LogP contribution in [-0.4, -0.2) is 88.7 Å². The molecule has 0 aromatic heterocycles. The first-order valence-corrected chi connectivity index (χ1v) is 13.2. The van der Waals surface area contributed by atoms with Gasteiger partial charge in [-0.05, 0) is 36.8 Å². The van der Waals surface area contributed by atoms with Gasteiger partial charge in [-0.25, -0.2) is 8.42 Å². The maximum atomic E-state index is 13.1. The van der Waals surface area contributed by atoms with E-state index in [2.05, 4.69) is 5.32 Å². The lowest BCUT2D eigenvalue weighted by molar-refractivity contribution is -0.142. The summed E-state index contributed by atoms with van der Waals surface area (Å²) in [6.45, 7) is 3.64. The van der Waals surface area contributed by atoms with Crippen LogP contribution in [0.2, 0.25) is 0 Å². The summed E-state index contributed by atoms with van der Waals surface area (Å²) in [4.78, 5) is 27.3. The van der Waals surface area contributed by atoms with Gasteiger partial charge in [-0.2, -0.15) is 4.31 Å². The molecular formula is C25H33N3O7S. The van der Waals surface area contributed by atoms with Gasteiger partial charge in [-0.1, -0.05) is 30.3 Å². The number of benzene rings is 2. The Hall–Kier alpha value is -2.99. The molecule has 196 valence electrons. The zero-order valence-corrected chi connectivity index (χ0v) is 21.4. The van der Waals surface area contributed by atoms with E-state index < -0.39 is 16.1 Å². The smallest absolute Gasteiger partial charge is 0.261 e. The molecule has 36 heavy (non-hydrogen) atoms. The Labute approximate surface area is 212 Å². The molecule has 3 rings (SSSR count). The van der Waals surface area contributed by atoms with Crippen LogP contribution in [0.15, 0.2) is 59.5 Å². The van der Waals surface area contributed by atoms with E-state index in [4.69, 9.17) is 14.2 Å². The van der Waals surface area contributed by atoms with Crippen molar-refractivity contribution >= 4 is 21.8 Å². The molecule has 11 heteroatoms. The first-order valence-electron chi connectivity index (χ1n) is 11.7. The SMILES string of the molecule is COCCNC(=O)[C@H](C)N(Cc1ccccc1)C(=O)COc1ccc(S(=O)(=O)N2CCOCC2)cc1. The molecule has 1 fully saturated rings. The lowest BCUT2D eigenvalue weighted by atomic mass is 10.1. The minimum atomic E-state index is -3.62. The summed E-state index contributed by atoms with van der Waals surface area (Å²) in [6.07, 6.45) is 0. The van der Waals surface area contributed by atoms with Crippen LogP contribution >= 0.6 is 0 Å². The Morgan fingerprint density at radius 1 is 1.08 bits per heavy atom.